The second kappa shape index (κ2) is 6.12. The Kier molecular flexibility index (Phi) is 4.64. The summed E-state index contributed by atoms with van der Waals surface area (Å²) in [4.78, 5) is 13.3. The van der Waals surface area contributed by atoms with Crippen molar-refractivity contribution in [1.82, 2.24) is 19.4 Å². The van der Waals surface area contributed by atoms with E-state index in [0.29, 0.717) is 6.54 Å². The topological polar surface area (TPSA) is 107 Å². The van der Waals surface area contributed by atoms with Gasteiger partial charge < -0.3 is 5.11 Å². The molecule has 1 aliphatic rings. The molecule has 118 valence electrons. The fourth-order valence-corrected chi connectivity index (χ4v) is 3.96. The molecule has 2 N–H and O–H groups in total. The van der Waals surface area contributed by atoms with E-state index in [2.05, 4.69) is 15.1 Å². The molecule has 0 amide bonds. The van der Waals surface area contributed by atoms with Gasteiger partial charge in [0.25, 0.3) is 10.0 Å². The first-order valence-corrected chi connectivity index (χ1v) is 8.29. The van der Waals surface area contributed by atoms with Gasteiger partial charge in [0, 0.05) is 19.6 Å². The van der Waals surface area contributed by atoms with Crippen molar-refractivity contribution in [2.24, 2.45) is 0 Å². The highest BCUT2D eigenvalue weighted by molar-refractivity contribution is 7.89. The zero-order chi connectivity index (χ0) is 15.6. The molecule has 0 spiro atoms. The van der Waals surface area contributed by atoms with Gasteiger partial charge in [-0.05, 0) is 25.9 Å². The number of nitrogens with one attached hydrogen (secondary N) is 1. The number of rotatable bonds is 6. The molecule has 2 rings (SSSR count). The van der Waals surface area contributed by atoms with E-state index >= 15 is 0 Å². The molecule has 1 fully saturated rings. The minimum absolute atomic E-state index is 0.172. The molecular formula is C12H20N4O4S. The number of aromatic carboxylic acids is 1. The first-order valence-electron chi connectivity index (χ1n) is 6.85. The summed E-state index contributed by atoms with van der Waals surface area (Å²) >= 11 is 0. The van der Waals surface area contributed by atoms with E-state index in [1.165, 1.54) is 11.4 Å². The first kappa shape index (κ1) is 15.9. The molecule has 0 radical (unpaired) electrons. The highest BCUT2D eigenvalue weighted by atomic mass is 32.2. The molecule has 1 aromatic rings. The summed E-state index contributed by atoms with van der Waals surface area (Å²) in [5.74, 6) is -1.31. The lowest BCUT2D eigenvalue weighted by Crippen LogP contribution is -2.41. The Balaban J connectivity index is 2.19. The van der Waals surface area contributed by atoms with Crippen molar-refractivity contribution >= 4 is 16.0 Å². The van der Waals surface area contributed by atoms with E-state index in [1.807, 2.05) is 6.92 Å². The summed E-state index contributed by atoms with van der Waals surface area (Å²) in [6.07, 6.45) is 3.01. The second-order valence-corrected chi connectivity index (χ2v) is 7.11. The third-order valence-corrected chi connectivity index (χ3v) is 5.67. The summed E-state index contributed by atoms with van der Waals surface area (Å²) in [5, 5.41) is 14.5. The Bertz CT molecular complexity index is 613. The fourth-order valence-electron chi connectivity index (χ4n) is 2.69. The lowest BCUT2D eigenvalue weighted by Gasteiger charge is -2.27. The Hall–Kier alpha value is -1.45. The van der Waals surface area contributed by atoms with Crippen LogP contribution in [0.1, 0.15) is 30.1 Å². The number of likely N-dealkylation sites (N-methyl/N-ethyl adjacent to an activating group) is 2. The quantitative estimate of drug-likeness (QED) is 0.777. The number of carboxylic acid groups (broad SMARTS) is 1. The lowest BCUT2D eigenvalue weighted by atomic mass is 10.2. The SMILES string of the molecule is CCN1CCCC1CN(C)S(=O)(=O)c1[nH]ncc1C(=O)O. The summed E-state index contributed by atoms with van der Waals surface area (Å²) < 4.78 is 26.1. The van der Waals surface area contributed by atoms with Crippen LogP contribution >= 0.6 is 0 Å². The summed E-state index contributed by atoms with van der Waals surface area (Å²) in [7, 11) is -2.42. The first-order chi connectivity index (χ1) is 9.87. The number of aromatic nitrogens is 2. The number of carboxylic acids is 1. The van der Waals surface area contributed by atoms with Gasteiger partial charge in [0.15, 0.2) is 5.03 Å². The Morgan fingerprint density at radius 3 is 2.95 bits per heavy atom. The van der Waals surface area contributed by atoms with Gasteiger partial charge in [0.1, 0.15) is 5.56 Å². The predicted molar refractivity (Wildman–Crippen MR) is 75.6 cm³/mol. The van der Waals surface area contributed by atoms with Crippen molar-refractivity contribution in [2.75, 3.05) is 26.7 Å². The second-order valence-electron chi connectivity index (χ2n) is 5.13. The van der Waals surface area contributed by atoms with Gasteiger partial charge in [-0.15, -0.1) is 0 Å². The van der Waals surface area contributed by atoms with Crippen molar-refractivity contribution in [3.63, 3.8) is 0 Å². The highest BCUT2D eigenvalue weighted by Crippen LogP contribution is 2.21. The summed E-state index contributed by atoms with van der Waals surface area (Å²) in [6.45, 7) is 4.24. The maximum atomic E-state index is 12.5. The number of carbonyl (C=O) groups is 1. The van der Waals surface area contributed by atoms with E-state index in [-0.39, 0.29) is 16.6 Å². The van der Waals surface area contributed by atoms with Gasteiger partial charge in [0.2, 0.25) is 0 Å². The van der Waals surface area contributed by atoms with Crippen LogP contribution in [0.3, 0.4) is 0 Å². The zero-order valence-corrected chi connectivity index (χ0v) is 12.9. The zero-order valence-electron chi connectivity index (χ0n) is 12.1. The van der Waals surface area contributed by atoms with E-state index in [0.717, 1.165) is 32.1 Å². The summed E-state index contributed by atoms with van der Waals surface area (Å²) in [6, 6.07) is 0.172. The number of nitrogens with zero attached hydrogens (tertiary/aromatic N) is 3. The molecule has 0 aromatic carbocycles. The van der Waals surface area contributed by atoms with Crippen LogP contribution in [0.5, 0.6) is 0 Å². The van der Waals surface area contributed by atoms with Crippen LogP contribution in [-0.2, 0) is 10.0 Å². The van der Waals surface area contributed by atoms with Crippen molar-refractivity contribution < 1.29 is 18.3 Å². The largest absolute Gasteiger partial charge is 0.478 e. The van der Waals surface area contributed by atoms with Gasteiger partial charge >= 0.3 is 5.97 Å². The molecule has 2 heterocycles. The van der Waals surface area contributed by atoms with Crippen molar-refractivity contribution in [3.05, 3.63) is 11.8 Å². The van der Waals surface area contributed by atoms with Gasteiger partial charge in [-0.1, -0.05) is 6.92 Å². The van der Waals surface area contributed by atoms with Crippen molar-refractivity contribution in [2.45, 2.75) is 30.8 Å². The van der Waals surface area contributed by atoms with Crippen LogP contribution in [-0.4, -0.2) is 71.6 Å². The Morgan fingerprint density at radius 1 is 1.62 bits per heavy atom. The molecule has 1 aliphatic heterocycles. The molecule has 0 bridgehead atoms. The maximum absolute atomic E-state index is 12.5. The number of sulfonamides is 1. The Morgan fingerprint density at radius 2 is 2.33 bits per heavy atom. The average Bonchev–Trinajstić information content (AvgIpc) is 3.06. The van der Waals surface area contributed by atoms with Gasteiger partial charge in [-0.3, -0.25) is 10.00 Å². The molecule has 0 saturated carbocycles. The molecule has 1 saturated heterocycles. The molecule has 8 nitrogen and oxygen atoms in total. The highest BCUT2D eigenvalue weighted by Gasteiger charge is 2.32. The predicted octanol–water partition coefficient (Wildman–Crippen LogP) is 0.213. The molecule has 21 heavy (non-hydrogen) atoms. The number of aromatic amines is 1. The molecule has 9 heteroatoms. The smallest absolute Gasteiger partial charge is 0.340 e. The molecule has 1 atom stereocenters. The van der Waals surface area contributed by atoms with Gasteiger partial charge in [-0.2, -0.15) is 9.40 Å². The molecule has 0 aliphatic carbocycles. The number of hydrogen-bond acceptors (Lipinski definition) is 5. The number of hydrogen-bond donors (Lipinski definition) is 2. The fraction of sp³-hybridized carbons (Fsp3) is 0.667. The third kappa shape index (κ3) is 3.09. The summed E-state index contributed by atoms with van der Waals surface area (Å²) in [5.41, 5.74) is -0.333. The van der Waals surface area contributed by atoms with Crippen molar-refractivity contribution in [3.8, 4) is 0 Å². The minimum Gasteiger partial charge on any atom is -0.478 e. The number of H-pyrrole nitrogens is 1. The monoisotopic (exact) mass is 316 g/mol. The normalized spacial score (nSPS) is 20.2. The molecule has 1 unspecified atom stereocenters. The average molecular weight is 316 g/mol. The van der Waals surface area contributed by atoms with Gasteiger partial charge in [0.05, 0.1) is 6.20 Å². The van der Waals surface area contributed by atoms with Crippen LogP contribution in [0.25, 0.3) is 0 Å². The van der Waals surface area contributed by atoms with Crippen LogP contribution in [0, 0.1) is 0 Å². The van der Waals surface area contributed by atoms with E-state index < -0.39 is 16.0 Å². The number of likely N-dealkylation sites (tertiary alicyclic amines) is 1. The van der Waals surface area contributed by atoms with E-state index in [4.69, 9.17) is 5.11 Å². The van der Waals surface area contributed by atoms with Crippen LogP contribution in [0.15, 0.2) is 11.2 Å². The lowest BCUT2D eigenvalue weighted by molar-refractivity contribution is 0.0692. The Labute approximate surface area is 123 Å². The van der Waals surface area contributed by atoms with Crippen molar-refractivity contribution in [1.29, 1.82) is 0 Å². The van der Waals surface area contributed by atoms with E-state index in [9.17, 15) is 13.2 Å². The van der Waals surface area contributed by atoms with Crippen LogP contribution < -0.4 is 0 Å². The molecule has 1 aromatic heterocycles. The maximum Gasteiger partial charge on any atom is 0.340 e. The van der Waals surface area contributed by atoms with Crippen LogP contribution in [0.4, 0.5) is 0 Å². The minimum atomic E-state index is -3.88. The van der Waals surface area contributed by atoms with Gasteiger partial charge in [-0.25, -0.2) is 13.2 Å². The standard InChI is InChI=1S/C12H20N4O4S/c1-3-16-6-4-5-9(16)8-15(2)21(19,20)11-10(12(17)18)7-13-14-11/h7,9H,3-6,8H2,1-2H3,(H,13,14)(H,17,18). The van der Waals surface area contributed by atoms with E-state index in [1.54, 1.807) is 0 Å². The van der Waals surface area contributed by atoms with Crippen LogP contribution in [0.2, 0.25) is 0 Å². The molecular weight excluding hydrogens is 296 g/mol. The third-order valence-electron chi connectivity index (χ3n) is 3.88.